The number of nitrogens with two attached hydrogens (primary N) is 2. The number of carbonyl (C=O) groups excluding carboxylic acids is 2. The summed E-state index contributed by atoms with van der Waals surface area (Å²) in [4.78, 5) is 23.5. The van der Waals surface area contributed by atoms with Gasteiger partial charge in [-0.1, -0.05) is 13.8 Å². The molecule has 1 rings (SSSR count). The van der Waals surface area contributed by atoms with Gasteiger partial charge >= 0.3 is 0 Å². The van der Waals surface area contributed by atoms with E-state index in [-0.39, 0.29) is 17.9 Å². The number of hydrogen-bond acceptors (Lipinski definition) is 3. The van der Waals surface area contributed by atoms with E-state index >= 15 is 0 Å². The van der Waals surface area contributed by atoms with Gasteiger partial charge < -0.3 is 21.4 Å². The van der Waals surface area contributed by atoms with Crippen molar-refractivity contribution in [2.24, 2.45) is 11.7 Å². The van der Waals surface area contributed by atoms with Crippen LogP contribution in [0.5, 0.6) is 0 Å². The molecule has 0 fully saturated rings. The van der Waals surface area contributed by atoms with Gasteiger partial charge in [-0.25, -0.2) is 0 Å². The van der Waals surface area contributed by atoms with Crippen LogP contribution in [0.3, 0.4) is 0 Å². The van der Waals surface area contributed by atoms with Crippen molar-refractivity contribution in [3.63, 3.8) is 0 Å². The minimum Gasteiger partial charge on any atom is -0.397 e. The molecule has 1 atom stereocenters. The normalized spacial score (nSPS) is 12.7. The number of primary amides is 1. The average molecular weight is 266 g/mol. The summed E-state index contributed by atoms with van der Waals surface area (Å²) in [5.41, 5.74) is 11.9. The summed E-state index contributed by atoms with van der Waals surface area (Å²) < 4.78 is 1.77. The van der Waals surface area contributed by atoms with Crippen LogP contribution < -0.4 is 16.8 Å². The first-order valence-corrected chi connectivity index (χ1v) is 6.31. The van der Waals surface area contributed by atoms with Crippen LogP contribution in [0, 0.1) is 5.92 Å². The van der Waals surface area contributed by atoms with Gasteiger partial charge in [0.15, 0.2) is 0 Å². The van der Waals surface area contributed by atoms with Crippen LogP contribution in [-0.4, -0.2) is 22.4 Å². The van der Waals surface area contributed by atoms with Gasteiger partial charge in [0, 0.05) is 12.2 Å². The van der Waals surface area contributed by atoms with E-state index in [9.17, 15) is 9.59 Å². The van der Waals surface area contributed by atoms with Crippen molar-refractivity contribution < 1.29 is 9.59 Å². The van der Waals surface area contributed by atoms with Gasteiger partial charge in [0.2, 0.25) is 5.91 Å². The average Bonchev–Trinajstić information content (AvgIpc) is 2.67. The number of hydrogen-bond donors (Lipinski definition) is 3. The Morgan fingerprint density at radius 2 is 1.84 bits per heavy atom. The molecule has 1 aromatic heterocycles. The molecule has 0 saturated heterocycles. The van der Waals surface area contributed by atoms with E-state index in [4.69, 9.17) is 11.5 Å². The Bertz CT molecular complexity index is 477. The van der Waals surface area contributed by atoms with Gasteiger partial charge in [-0.3, -0.25) is 9.59 Å². The zero-order valence-electron chi connectivity index (χ0n) is 11.8. The number of nitrogens with zero attached hydrogens (tertiary/aromatic N) is 1. The molecule has 0 radical (unpaired) electrons. The van der Waals surface area contributed by atoms with Gasteiger partial charge in [0.25, 0.3) is 5.91 Å². The smallest absolute Gasteiger partial charge is 0.268 e. The molecular formula is C13H22N4O2. The quantitative estimate of drug-likeness (QED) is 0.737. The van der Waals surface area contributed by atoms with Crippen LogP contribution in [0.4, 0.5) is 5.69 Å². The number of rotatable bonds is 5. The number of aromatic nitrogens is 1. The summed E-state index contributed by atoms with van der Waals surface area (Å²) in [6, 6.07) is 1.00. The van der Waals surface area contributed by atoms with Crippen LogP contribution in [0.25, 0.3) is 0 Å². The zero-order chi connectivity index (χ0) is 14.7. The Hall–Kier alpha value is -1.98. The van der Waals surface area contributed by atoms with Gasteiger partial charge in [0.1, 0.15) is 11.7 Å². The van der Waals surface area contributed by atoms with Crippen molar-refractivity contribution in [1.29, 1.82) is 0 Å². The molecule has 1 heterocycles. The summed E-state index contributed by atoms with van der Waals surface area (Å²) in [6.45, 7) is 7.55. The fourth-order valence-electron chi connectivity index (χ4n) is 1.89. The fourth-order valence-corrected chi connectivity index (χ4v) is 1.89. The third-order valence-electron chi connectivity index (χ3n) is 2.92. The Kier molecular flexibility index (Phi) is 4.58. The van der Waals surface area contributed by atoms with Crippen molar-refractivity contribution >= 4 is 17.5 Å². The number of amides is 2. The Morgan fingerprint density at radius 3 is 2.26 bits per heavy atom. The highest BCUT2D eigenvalue weighted by atomic mass is 16.2. The third kappa shape index (κ3) is 3.49. The molecule has 0 aliphatic rings. The fraction of sp³-hybridized carbons (Fsp3) is 0.538. The van der Waals surface area contributed by atoms with Crippen molar-refractivity contribution in [3.8, 4) is 0 Å². The van der Waals surface area contributed by atoms with Crippen LogP contribution in [0.15, 0.2) is 12.3 Å². The second kappa shape index (κ2) is 5.77. The summed E-state index contributed by atoms with van der Waals surface area (Å²) in [5.74, 6) is -0.955. The lowest BCUT2D eigenvalue weighted by Gasteiger charge is -2.20. The molecule has 1 aromatic rings. The maximum Gasteiger partial charge on any atom is 0.268 e. The molecule has 1 unspecified atom stereocenters. The van der Waals surface area contributed by atoms with Crippen molar-refractivity contribution in [1.82, 2.24) is 9.88 Å². The van der Waals surface area contributed by atoms with E-state index in [0.29, 0.717) is 11.4 Å². The number of carbonyl (C=O) groups is 2. The van der Waals surface area contributed by atoms with E-state index in [1.807, 2.05) is 27.7 Å². The second-order valence-electron chi connectivity index (χ2n) is 5.26. The van der Waals surface area contributed by atoms with Crippen LogP contribution in [0.2, 0.25) is 0 Å². The maximum atomic E-state index is 12.2. The molecular weight excluding hydrogens is 244 g/mol. The Morgan fingerprint density at radius 1 is 1.26 bits per heavy atom. The van der Waals surface area contributed by atoms with Gasteiger partial charge in [-0.05, 0) is 25.8 Å². The van der Waals surface area contributed by atoms with Gasteiger partial charge in [0.05, 0.1) is 5.69 Å². The van der Waals surface area contributed by atoms with E-state index in [1.165, 1.54) is 0 Å². The van der Waals surface area contributed by atoms with Gasteiger partial charge in [-0.2, -0.15) is 0 Å². The molecule has 5 N–H and O–H groups in total. The lowest BCUT2D eigenvalue weighted by molar-refractivity contribution is -0.120. The first-order chi connectivity index (χ1) is 8.73. The largest absolute Gasteiger partial charge is 0.397 e. The van der Waals surface area contributed by atoms with E-state index < -0.39 is 11.9 Å². The number of anilines is 1. The second-order valence-corrected chi connectivity index (χ2v) is 5.26. The molecule has 2 amide bonds. The van der Waals surface area contributed by atoms with Crippen molar-refractivity contribution in [3.05, 3.63) is 18.0 Å². The summed E-state index contributed by atoms with van der Waals surface area (Å²) >= 11 is 0. The van der Waals surface area contributed by atoms with Crippen LogP contribution in [-0.2, 0) is 4.79 Å². The maximum absolute atomic E-state index is 12.2. The molecule has 0 bridgehead atoms. The topological polar surface area (TPSA) is 103 Å². The highest BCUT2D eigenvalue weighted by Gasteiger charge is 2.24. The van der Waals surface area contributed by atoms with Crippen molar-refractivity contribution in [2.45, 2.75) is 39.8 Å². The molecule has 0 saturated carbocycles. The molecule has 106 valence electrons. The standard InChI is InChI=1S/C13H22N4O2/c1-7(2)11(12(15)18)16-13(19)10-5-9(14)6-17(10)8(3)4/h5-8,11H,14H2,1-4H3,(H2,15,18)(H,16,19). The highest BCUT2D eigenvalue weighted by molar-refractivity contribution is 5.97. The Balaban J connectivity index is 2.98. The molecule has 0 aliphatic carbocycles. The molecule has 6 heteroatoms. The third-order valence-corrected chi connectivity index (χ3v) is 2.92. The van der Waals surface area contributed by atoms with E-state index in [1.54, 1.807) is 16.8 Å². The SMILES string of the molecule is CC(C)C(NC(=O)c1cc(N)cn1C(C)C)C(N)=O. The lowest BCUT2D eigenvalue weighted by atomic mass is 10.0. The Labute approximate surface area is 113 Å². The van der Waals surface area contributed by atoms with E-state index in [0.717, 1.165) is 0 Å². The molecule has 19 heavy (non-hydrogen) atoms. The minimum absolute atomic E-state index is 0.0683. The molecule has 0 aliphatic heterocycles. The molecule has 0 aromatic carbocycles. The van der Waals surface area contributed by atoms with Crippen LogP contribution >= 0.6 is 0 Å². The number of nitrogen functional groups attached to an aromatic ring is 1. The highest BCUT2D eigenvalue weighted by Crippen LogP contribution is 2.17. The van der Waals surface area contributed by atoms with Gasteiger partial charge in [-0.15, -0.1) is 0 Å². The van der Waals surface area contributed by atoms with Crippen LogP contribution in [0.1, 0.15) is 44.2 Å². The minimum atomic E-state index is -0.691. The summed E-state index contributed by atoms with van der Waals surface area (Å²) in [7, 11) is 0. The molecule has 0 spiro atoms. The first-order valence-electron chi connectivity index (χ1n) is 6.31. The molecule has 6 nitrogen and oxygen atoms in total. The first kappa shape index (κ1) is 15.1. The predicted molar refractivity (Wildman–Crippen MR) is 74.5 cm³/mol. The zero-order valence-corrected chi connectivity index (χ0v) is 11.8. The summed E-state index contributed by atoms with van der Waals surface area (Å²) in [5, 5.41) is 2.65. The van der Waals surface area contributed by atoms with Crippen molar-refractivity contribution in [2.75, 3.05) is 5.73 Å². The van der Waals surface area contributed by atoms with E-state index in [2.05, 4.69) is 5.32 Å². The summed E-state index contributed by atoms with van der Waals surface area (Å²) in [6.07, 6.45) is 1.70. The predicted octanol–water partition coefficient (Wildman–Crippen LogP) is 0.891. The lowest BCUT2D eigenvalue weighted by Crippen LogP contribution is -2.48. The number of nitrogens with one attached hydrogen (secondary N) is 1. The monoisotopic (exact) mass is 266 g/mol.